The summed E-state index contributed by atoms with van der Waals surface area (Å²) >= 11 is 0. The number of nitrogens with zero attached hydrogens (tertiary/aromatic N) is 2. The van der Waals surface area contributed by atoms with Gasteiger partial charge in [0.05, 0.1) is 16.7 Å². The number of piperidine rings is 1. The second-order valence-corrected chi connectivity index (χ2v) is 4.61. The Labute approximate surface area is 123 Å². The normalized spacial score (nSPS) is 25.4. The zero-order chi connectivity index (χ0) is 19.4. The maximum atomic E-state index is 13.2. The van der Waals surface area contributed by atoms with Gasteiger partial charge in [-0.25, -0.2) is 4.98 Å². The molecule has 20 heavy (non-hydrogen) atoms. The number of pyridine rings is 1. The summed E-state index contributed by atoms with van der Waals surface area (Å²) in [6.45, 7) is 0.577. The molecule has 3 nitrogen and oxygen atoms in total. The van der Waals surface area contributed by atoms with Crippen LogP contribution in [0.15, 0.2) is 24.4 Å². The quantitative estimate of drug-likeness (QED) is 0.921. The predicted molar refractivity (Wildman–Crippen MR) is 69.5 cm³/mol. The highest BCUT2D eigenvalue weighted by Gasteiger charge is 2.30. The Balaban J connectivity index is 2.26. The Morgan fingerprint density at radius 1 is 1.40 bits per heavy atom. The topological polar surface area (TPSA) is 29.3 Å². The van der Waals surface area contributed by atoms with Crippen LogP contribution in [0.4, 0.5) is 13.2 Å². The molecule has 2 aromatic rings. The molecule has 0 spiro atoms. The zero-order valence-corrected chi connectivity index (χ0v) is 10.4. The van der Waals surface area contributed by atoms with Crippen molar-refractivity contribution in [3.05, 3.63) is 35.7 Å². The van der Waals surface area contributed by atoms with Crippen LogP contribution in [0.3, 0.4) is 0 Å². The van der Waals surface area contributed by atoms with Crippen molar-refractivity contribution in [3.63, 3.8) is 0 Å². The minimum Gasteiger partial charge on any atom is -0.314 e. The first-order chi connectivity index (χ1) is 12.0. The van der Waals surface area contributed by atoms with Crippen LogP contribution in [0.1, 0.15) is 38.7 Å². The minimum absolute atomic E-state index is 0.433. The Morgan fingerprint density at radius 3 is 2.95 bits per heavy atom. The Kier molecular flexibility index (Phi) is 2.04. The number of imidazole rings is 1. The van der Waals surface area contributed by atoms with E-state index >= 15 is 0 Å². The summed E-state index contributed by atoms with van der Waals surface area (Å²) in [6.07, 6.45) is -7.00. The van der Waals surface area contributed by atoms with Gasteiger partial charge in [0.1, 0.15) is 5.65 Å². The van der Waals surface area contributed by atoms with E-state index in [0.29, 0.717) is 17.4 Å². The first-order valence-electron chi connectivity index (χ1n) is 9.27. The fourth-order valence-electron chi connectivity index (χ4n) is 2.10. The first-order valence-corrected chi connectivity index (χ1v) is 6.27. The monoisotopic (exact) mass is 289 g/mol. The van der Waals surface area contributed by atoms with Crippen LogP contribution in [0.2, 0.25) is 0 Å². The summed E-state index contributed by atoms with van der Waals surface area (Å²) in [5, 5.41) is 2.99. The van der Waals surface area contributed by atoms with E-state index in [1.54, 1.807) is 0 Å². The average Bonchev–Trinajstić information content (AvgIpc) is 2.91. The summed E-state index contributed by atoms with van der Waals surface area (Å²) in [6, 6.07) is -2.77. The molecule has 0 aromatic carbocycles. The van der Waals surface area contributed by atoms with Gasteiger partial charge in [-0.15, -0.1) is 0 Å². The standard InChI is InChI=1S/C14H16F3N3/c15-14(16,17)10-4-5-13-19-12(9-20(13)8-10)7-11-3-1-2-6-18-11/h4-5,8-9,11,18H,1-3,6-7H2/t11-/m0/s1/i4D,5D,7D2,8D,9D. The molecule has 3 rings (SSSR count). The number of rotatable bonds is 2. The van der Waals surface area contributed by atoms with Gasteiger partial charge in [-0.2, -0.15) is 13.2 Å². The molecule has 1 aliphatic heterocycles. The van der Waals surface area contributed by atoms with Gasteiger partial charge >= 0.3 is 6.18 Å². The van der Waals surface area contributed by atoms with E-state index < -0.39 is 59.9 Å². The highest BCUT2D eigenvalue weighted by Crippen LogP contribution is 2.29. The third-order valence-electron chi connectivity index (χ3n) is 3.07. The van der Waals surface area contributed by atoms with Gasteiger partial charge in [0, 0.05) is 27.5 Å². The summed E-state index contributed by atoms with van der Waals surface area (Å²) in [5.74, 6) is 0. The van der Waals surface area contributed by atoms with Crippen LogP contribution in [0, 0.1) is 0 Å². The molecule has 1 atom stereocenters. The van der Waals surface area contributed by atoms with E-state index in [-0.39, 0.29) is 0 Å². The Hall–Kier alpha value is -1.56. The molecule has 3 heterocycles. The van der Waals surface area contributed by atoms with E-state index in [1.807, 2.05) is 0 Å². The van der Waals surface area contributed by atoms with Gasteiger partial charge < -0.3 is 9.72 Å². The van der Waals surface area contributed by atoms with Crippen molar-refractivity contribution in [1.29, 1.82) is 0 Å². The van der Waals surface area contributed by atoms with Gasteiger partial charge in [0.15, 0.2) is 0 Å². The van der Waals surface area contributed by atoms with E-state index in [0.717, 1.165) is 12.8 Å². The molecule has 1 aliphatic rings. The Bertz CT molecular complexity index is 858. The molecule has 6 heteroatoms. The molecule has 108 valence electrons. The molecule has 1 N–H and O–H groups in total. The lowest BCUT2D eigenvalue weighted by Crippen LogP contribution is -2.35. The van der Waals surface area contributed by atoms with Gasteiger partial charge in [-0.1, -0.05) is 6.42 Å². The second kappa shape index (κ2) is 5.09. The van der Waals surface area contributed by atoms with Crippen molar-refractivity contribution in [2.75, 3.05) is 6.54 Å². The highest BCUT2D eigenvalue weighted by atomic mass is 19.4. The molecular weight excluding hydrogens is 267 g/mol. The summed E-state index contributed by atoms with van der Waals surface area (Å²) in [4.78, 5) is 3.87. The third kappa shape index (κ3) is 2.80. The van der Waals surface area contributed by atoms with Gasteiger partial charge in [0.25, 0.3) is 0 Å². The lowest BCUT2D eigenvalue weighted by atomic mass is 10.0. The Morgan fingerprint density at radius 2 is 2.25 bits per heavy atom. The van der Waals surface area contributed by atoms with Crippen LogP contribution < -0.4 is 5.32 Å². The van der Waals surface area contributed by atoms with Gasteiger partial charge in [-0.3, -0.25) is 0 Å². The third-order valence-corrected chi connectivity index (χ3v) is 3.07. The second-order valence-electron chi connectivity index (χ2n) is 4.61. The summed E-state index contributed by atoms with van der Waals surface area (Å²) in [5.41, 5.74) is -2.56. The summed E-state index contributed by atoms with van der Waals surface area (Å²) in [7, 11) is 0. The fourth-order valence-corrected chi connectivity index (χ4v) is 2.10. The molecule has 0 aliphatic carbocycles. The van der Waals surface area contributed by atoms with E-state index in [1.165, 1.54) is 0 Å². The van der Waals surface area contributed by atoms with Crippen molar-refractivity contribution in [2.45, 2.75) is 37.9 Å². The fraction of sp³-hybridized carbons (Fsp3) is 0.500. The smallest absolute Gasteiger partial charge is 0.314 e. The van der Waals surface area contributed by atoms with Crippen molar-refractivity contribution in [1.82, 2.24) is 14.7 Å². The van der Waals surface area contributed by atoms with Gasteiger partial charge in [0.2, 0.25) is 0 Å². The number of aromatic nitrogens is 2. The van der Waals surface area contributed by atoms with Crippen molar-refractivity contribution < 1.29 is 21.4 Å². The van der Waals surface area contributed by atoms with Crippen molar-refractivity contribution in [2.24, 2.45) is 0 Å². The first kappa shape index (κ1) is 8.02. The zero-order valence-electron chi connectivity index (χ0n) is 16.4. The molecule has 0 radical (unpaired) electrons. The molecule has 0 unspecified atom stereocenters. The molecule has 0 saturated carbocycles. The van der Waals surface area contributed by atoms with Crippen LogP contribution in [-0.2, 0) is 12.5 Å². The number of hydrogen-bond donors (Lipinski definition) is 1. The maximum Gasteiger partial charge on any atom is 0.417 e. The largest absolute Gasteiger partial charge is 0.417 e. The van der Waals surface area contributed by atoms with Crippen LogP contribution in [0.5, 0.6) is 0 Å². The lowest BCUT2D eigenvalue weighted by molar-refractivity contribution is -0.137. The van der Waals surface area contributed by atoms with Crippen molar-refractivity contribution in [3.8, 4) is 0 Å². The van der Waals surface area contributed by atoms with E-state index in [4.69, 9.17) is 8.22 Å². The van der Waals surface area contributed by atoms with Crippen LogP contribution in [-0.4, -0.2) is 22.0 Å². The van der Waals surface area contributed by atoms with E-state index in [9.17, 15) is 13.2 Å². The van der Waals surface area contributed by atoms with Crippen molar-refractivity contribution >= 4 is 5.65 Å². The number of halogens is 3. The average molecular weight is 289 g/mol. The van der Waals surface area contributed by atoms with Gasteiger partial charge in [-0.05, 0) is 31.5 Å². The molecule has 1 saturated heterocycles. The number of fused-ring (bicyclic) bond motifs is 1. The number of nitrogens with one attached hydrogen (secondary N) is 1. The molecule has 0 bridgehead atoms. The molecule has 0 amide bonds. The highest BCUT2D eigenvalue weighted by molar-refractivity contribution is 5.42. The SMILES string of the molecule is [2H]c1c(C(F)(F)F)c([2H])n2c([2H])c(C([2H])([2H])[C@@H]3CCCCN3)nc2c1[2H]. The minimum atomic E-state index is -5.04. The van der Waals surface area contributed by atoms with Crippen LogP contribution >= 0.6 is 0 Å². The predicted octanol–water partition coefficient (Wildman–Crippen LogP) is 3.04. The summed E-state index contributed by atoms with van der Waals surface area (Å²) < 4.78 is 87.9. The lowest BCUT2D eigenvalue weighted by Gasteiger charge is -2.22. The molecule has 1 fully saturated rings. The number of hydrogen-bond acceptors (Lipinski definition) is 2. The molecule has 2 aromatic heterocycles. The maximum absolute atomic E-state index is 13.2. The van der Waals surface area contributed by atoms with E-state index in [2.05, 4.69) is 10.3 Å². The molecular formula is C14H16F3N3. The number of alkyl halides is 3. The van der Waals surface area contributed by atoms with Crippen LogP contribution in [0.25, 0.3) is 5.65 Å².